The topological polar surface area (TPSA) is 72.2 Å². The van der Waals surface area contributed by atoms with Crippen LogP contribution in [0.1, 0.15) is 5.56 Å². The van der Waals surface area contributed by atoms with Crippen molar-refractivity contribution in [1.82, 2.24) is 0 Å². The Morgan fingerprint density at radius 2 is 1.07 bits per heavy atom. The average Bonchev–Trinajstić information content (AvgIpc) is 2.70. The van der Waals surface area contributed by atoms with Crippen molar-refractivity contribution in [3.8, 4) is 5.75 Å². The highest BCUT2D eigenvalue weighted by Crippen LogP contribution is 2.12. The van der Waals surface area contributed by atoms with Gasteiger partial charge in [-0.05, 0) is 29.8 Å². The van der Waals surface area contributed by atoms with Gasteiger partial charge in [0.15, 0.2) is 0 Å². The molecule has 27 heavy (non-hydrogen) atoms. The van der Waals surface area contributed by atoms with Crippen molar-refractivity contribution >= 4 is 5.69 Å². The minimum absolute atomic E-state index is 0.496. The maximum Gasteiger partial charge on any atom is 0.119 e. The van der Waals surface area contributed by atoms with E-state index in [2.05, 4.69) is 0 Å². The fourth-order valence-corrected chi connectivity index (χ4v) is 2.21. The Kier molecular flexibility index (Phi) is 11.0. The monoisotopic (exact) mass is 375 g/mol. The van der Waals surface area contributed by atoms with Crippen LogP contribution in [-0.2, 0) is 25.6 Å². The molecule has 0 fully saturated rings. The SMILES string of the molecule is Nc1ccc(OCCOCCOCCOCCOCc2ccccc2)cc1. The van der Waals surface area contributed by atoms with Crippen LogP contribution < -0.4 is 10.5 Å². The van der Waals surface area contributed by atoms with Crippen LogP contribution in [-0.4, -0.2) is 52.9 Å². The summed E-state index contributed by atoms with van der Waals surface area (Å²) in [5.41, 5.74) is 7.50. The van der Waals surface area contributed by atoms with Gasteiger partial charge in [-0.2, -0.15) is 0 Å². The van der Waals surface area contributed by atoms with Crippen LogP contribution in [0, 0.1) is 0 Å². The molecule has 2 N–H and O–H groups in total. The second-order valence-electron chi connectivity index (χ2n) is 5.79. The molecular formula is C21H29NO5. The van der Waals surface area contributed by atoms with E-state index in [1.54, 1.807) is 0 Å². The first-order valence-electron chi connectivity index (χ1n) is 9.18. The van der Waals surface area contributed by atoms with Crippen molar-refractivity contribution in [2.45, 2.75) is 6.61 Å². The normalized spacial score (nSPS) is 10.8. The summed E-state index contributed by atoms with van der Waals surface area (Å²) in [6.45, 7) is 4.93. The van der Waals surface area contributed by atoms with Crippen LogP contribution in [0.4, 0.5) is 5.69 Å². The van der Waals surface area contributed by atoms with Crippen molar-refractivity contribution in [1.29, 1.82) is 0 Å². The van der Waals surface area contributed by atoms with Crippen LogP contribution in [0.2, 0.25) is 0 Å². The van der Waals surface area contributed by atoms with E-state index in [4.69, 9.17) is 29.4 Å². The lowest BCUT2D eigenvalue weighted by Crippen LogP contribution is -2.13. The molecule has 0 radical (unpaired) electrons. The number of nitrogen functional groups attached to an aromatic ring is 1. The van der Waals surface area contributed by atoms with Crippen LogP contribution in [0.25, 0.3) is 0 Å². The summed E-state index contributed by atoms with van der Waals surface area (Å²) in [6.07, 6.45) is 0. The summed E-state index contributed by atoms with van der Waals surface area (Å²) < 4.78 is 27.4. The summed E-state index contributed by atoms with van der Waals surface area (Å²) in [6, 6.07) is 17.4. The molecule has 0 saturated carbocycles. The maximum atomic E-state index is 5.61. The van der Waals surface area contributed by atoms with Crippen molar-refractivity contribution in [3.63, 3.8) is 0 Å². The summed E-state index contributed by atoms with van der Waals surface area (Å²) >= 11 is 0. The molecule has 148 valence electrons. The highest BCUT2D eigenvalue weighted by atomic mass is 16.6. The average molecular weight is 375 g/mol. The summed E-state index contributed by atoms with van der Waals surface area (Å²) in [5, 5.41) is 0. The Bertz CT molecular complexity index is 591. The number of nitrogens with two attached hydrogens (primary N) is 1. The lowest BCUT2D eigenvalue weighted by atomic mass is 10.2. The van der Waals surface area contributed by atoms with E-state index in [1.165, 1.54) is 5.56 Å². The smallest absolute Gasteiger partial charge is 0.119 e. The molecule has 0 saturated heterocycles. The molecule has 6 heteroatoms. The Labute approximate surface area is 161 Å². The number of ether oxygens (including phenoxy) is 5. The minimum atomic E-state index is 0.496. The van der Waals surface area contributed by atoms with Gasteiger partial charge in [-0.3, -0.25) is 0 Å². The largest absolute Gasteiger partial charge is 0.491 e. The van der Waals surface area contributed by atoms with Gasteiger partial charge in [-0.1, -0.05) is 30.3 Å². The van der Waals surface area contributed by atoms with Crippen LogP contribution in [0.3, 0.4) is 0 Å². The molecule has 0 atom stereocenters. The van der Waals surface area contributed by atoms with Crippen molar-refractivity contribution in [2.75, 3.05) is 58.6 Å². The molecular weight excluding hydrogens is 346 g/mol. The predicted molar refractivity (Wildman–Crippen MR) is 105 cm³/mol. The third-order valence-corrected chi connectivity index (χ3v) is 3.60. The van der Waals surface area contributed by atoms with Crippen LogP contribution in [0.5, 0.6) is 5.75 Å². The van der Waals surface area contributed by atoms with E-state index in [0.29, 0.717) is 59.5 Å². The minimum Gasteiger partial charge on any atom is -0.491 e. The first-order valence-corrected chi connectivity index (χ1v) is 9.18. The van der Waals surface area contributed by atoms with Crippen LogP contribution >= 0.6 is 0 Å². The Morgan fingerprint density at radius 1 is 0.556 bits per heavy atom. The molecule has 0 heterocycles. The molecule has 0 amide bonds. The zero-order valence-electron chi connectivity index (χ0n) is 15.7. The summed E-state index contributed by atoms with van der Waals surface area (Å²) in [7, 11) is 0. The van der Waals surface area contributed by atoms with Gasteiger partial charge >= 0.3 is 0 Å². The van der Waals surface area contributed by atoms with E-state index in [1.807, 2.05) is 54.6 Å². The molecule has 0 bridgehead atoms. The molecule has 2 rings (SSSR count). The summed E-state index contributed by atoms with van der Waals surface area (Å²) in [5.74, 6) is 0.786. The standard InChI is InChI=1S/C21H29NO5/c22-20-6-8-21(9-7-20)27-17-16-25-13-12-23-10-11-24-14-15-26-18-19-4-2-1-3-5-19/h1-9H,10-18,22H2. The Balaban J connectivity index is 1.29. The molecule has 0 aliphatic heterocycles. The molecule has 0 aromatic heterocycles. The fourth-order valence-electron chi connectivity index (χ4n) is 2.21. The first kappa shape index (κ1) is 21.2. The zero-order chi connectivity index (χ0) is 19.0. The van der Waals surface area contributed by atoms with E-state index in [9.17, 15) is 0 Å². The molecule has 6 nitrogen and oxygen atoms in total. The van der Waals surface area contributed by atoms with Gasteiger partial charge in [0.1, 0.15) is 12.4 Å². The van der Waals surface area contributed by atoms with Gasteiger partial charge in [0, 0.05) is 5.69 Å². The first-order chi connectivity index (χ1) is 13.3. The van der Waals surface area contributed by atoms with Crippen molar-refractivity contribution in [3.05, 3.63) is 60.2 Å². The third-order valence-electron chi connectivity index (χ3n) is 3.60. The number of rotatable bonds is 15. The van der Waals surface area contributed by atoms with E-state index < -0.39 is 0 Å². The number of hydrogen-bond donors (Lipinski definition) is 1. The molecule has 2 aromatic rings. The quantitative estimate of drug-likeness (QED) is 0.381. The van der Waals surface area contributed by atoms with E-state index in [0.717, 1.165) is 11.4 Å². The summed E-state index contributed by atoms with van der Waals surface area (Å²) in [4.78, 5) is 0. The molecule has 0 aliphatic rings. The molecule has 0 spiro atoms. The number of benzene rings is 2. The van der Waals surface area contributed by atoms with Gasteiger partial charge in [-0.25, -0.2) is 0 Å². The Morgan fingerprint density at radius 3 is 1.67 bits per heavy atom. The van der Waals surface area contributed by atoms with Gasteiger partial charge in [0.05, 0.1) is 52.9 Å². The lowest BCUT2D eigenvalue weighted by molar-refractivity contribution is -0.00659. The highest BCUT2D eigenvalue weighted by Gasteiger charge is 1.96. The number of hydrogen-bond acceptors (Lipinski definition) is 6. The Hall–Kier alpha value is -2.12. The maximum absolute atomic E-state index is 5.61. The van der Waals surface area contributed by atoms with Gasteiger partial charge in [0.25, 0.3) is 0 Å². The second kappa shape index (κ2) is 14.0. The predicted octanol–water partition coefficient (Wildman–Crippen LogP) is 2.91. The fraction of sp³-hybridized carbons (Fsp3) is 0.429. The number of anilines is 1. The lowest BCUT2D eigenvalue weighted by Gasteiger charge is -2.08. The van der Waals surface area contributed by atoms with Crippen LogP contribution in [0.15, 0.2) is 54.6 Å². The highest BCUT2D eigenvalue weighted by molar-refractivity contribution is 5.41. The van der Waals surface area contributed by atoms with E-state index in [-0.39, 0.29) is 0 Å². The van der Waals surface area contributed by atoms with Gasteiger partial charge < -0.3 is 29.4 Å². The molecule has 0 unspecified atom stereocenters. The van der Waals surface area contributed by atoms with Crippen molar-refractivity contribution in [2.24, 2.45) is 0 Å². The van der Waals surface area contributed by atoms with Gasteiger partial charge in [-0.15, -0.1) is 0 Å². The zero-order valence-corrected chi connectivity index (χ0v) is 15.7. The molecule has 2 aromatic carbocycles. The van der Waals surface area contributed by atoms with E-state index >= 15 is 0 Å². The third kappa shape index (κ3) is 10.6. The molecule has 0 aliphatic carbocycles. The second-order valence-corrected chi connectivity index (χ2v) is 5.79. The van der Waals surface area contributed by atoms with Gasteiger partial charge in [0.2, 0.25) is 0 Å². The van der Waals surface area contributed by atoms with Crippen molar-refractivity contribution < 1.29 is 23.7 Å².